The summed E-state index contributed by atoms with van der Waals surface area (Å²) in [5.74, 6) is 0. The SMILES string of the molecule is Cc1cc(=O)oc2c1c(C)nn2Cc1ccccc1[N+](=O)[O-]. The number of nitrogens with zero attached hydrogens (tertiary/aromatic N) is 3. The average molecular weight is 299 g/mol. The second kappa shape index (κ2) is 5.10. The number of aromatic nitrogens is 2. The van der Waals surface area contributed by atoms with E-state index in [0.717, 1.165) is 16.6 Å². The van der Waals surface area contributed by atoms with E-state index in [2.05, 4.69) is 5.10 Å². The molecule has 0 radical (unpaired) electrons. The van der Waals surface area contributed by atoms with E-state index in [0.29, 0.717) is 11.3 Å². The molecule has 22 heavy (non-hydrogen) atoms. The van der Waals surface area contributed by atoms with Crippen molar-refractivity contribution in [1.82, 2.24) is 9.78 Å². The van der Waals surface area contributed by atoms with Gasteiger partial charge in [-0.3, -0.25) is 10.1 Å². The highest BCUT2D eigenvalue weighted by molar-refractivity contribution is 5.80. The van der Waals surface area contributed by atoms with Crippen LogP contribution in [0, 0.1) is 24.0 Å². The van der Waals surface area contributed by atoms with Gasteiger partial charge in [0, 0.05) is 12.1 Å². The molecule has 0 amide bonds. The van der Waals surface area contributed by atoms with Crippen molar-refractivity contribution in [1.29, 1.82) is 0 Å². The summed E-state index contributed by atoms with van der Waals surface area (Å²) in [5, 5.41) is 16.2. The number of hydrogen-bond acceptors (Lipinski definition) is 5. The Morgan fingerprint density at radius 1 is 1.32 bits per heavy atom. The van der Waals surface area contributed by atoms with Crippen LogP contribution in [0.2, 0.25) is 0 Å². The summed E-state index contributed by atoms with van der Waals surface area (Å²) in [6.45, 7) is 3.78. The van der Waals surface area contributed by atoms with Crippen LogP contribution in [0.15, 0.2) is 39.5 Å². The summed E-state index contributed by atoms with van der Waals surface area (Å²) >= 11 is 0. The lowest BCUT2D eigenvalue weighted by atomic mass is 10.1. The standard InChI is InChI=1S/C15H13N3O4/c1-9-7-13(19)22-15-14(9)10(2)16-17(15)8-11-5-3-4-6-12(11)18(20)21/h3-7H,8H2,1-2H3. The molecule has 0 fully saturated rings. The third-order valence-corrected chi connectivity index (χ3v) is 3.52. The van der Waals surface area contributed by atoms with Gasteiger partial charge in [0.1, 0.15) is 0 Å². The minimum atomic E-state index is -0.464. The Bertz CT molecular complexity index is 940. The Kier molecular flexibility index (Phi) is 3.25. The van der Waals surface area contributed by atoms with Gasteiger partial charge in [-0.25, -0.2) is 9.48 Å². The zero-order chi connectivity index (χ0) is 15.9. The Morgan fingerprint density at radius 2 is 2.05 bits per heavy atom. The van der Waals surface area contributed by atoms with E-state index < -0.39 is 10.5 Å². The van der Waals surface area contributed by atoms with Crippen LogP contribution in [0.3, 0.4) is 0 Å². The lowest BCUT2D eigenvalue weighted by Gasteiger charge is -2.04. The van der Waals surface area contributed by atoms with Gasteiger partial charge in [-0.05, 0) is 19.4 Å². The van der Waals surface area contributed by atoms with Gasteiger partial charge in [-0.1, -0.05) is 18.2 Å². The maximum atomic E-state index is 11.6. The minimum Gasteiger partial charge on any atom is -0.404 e. The summed E-state index contributed by atoms with van der Waals surface area (Å²) in [7, 11) is 0. The number of para-hydroxylation sites is 1. The summed E-state index contributed by atoms with van der Waals surface area (Å²) in [6, 6.07) is 7.84. The van der Waals surface area contributed by atoms with Gasteiger partial charge in [-0.15, -0.1) is 0 Å². The van der Waals surface area contributed by atoms with E-state index in [1.54, 1.807) is 18.2 Å². The topological polar surface area (TPSA) is 91.2 Å². The van der Waals surface area contributed by atoms with Gasteiger partial charge in [-0.2, -0.15) is 5.10 Å². The third-order valence-electron chi connectivity index (χ3n) is 3.52. The first-order valence-corrected chi connectivity index (χ1v) is 6.67. The summed E-state index contributed by atoms with van der Waals surface area (Å²) in [5.41, 5.74) is 1.88. The molecule has 0 N–H and O–H groups in total. The molecule has 0 saturated heterocycles. The molecule has 0 aliphatic carbocycles. The van der Waals surface area contributed by atoms with Crippen LogP contribution in [0.25, 0.3) is 11.1 Å². The number of nitro groups is 1. The van der Waals surface area contributed by atoms with Gasteiger partial charge < -0.3 is 4.42 Å². The first kappa shape index (κ1) is 14.0. The molecule has 3 rings (SSSR count). The lowest BCUT2D eigenvalue weighted by Crippen LogP contribution is -2.06. The summed E-state index contributed by atoms with van der Waals surface area (Å²) < 4.78 is 6.73. The molecule has 112 valence electrons. The maximum Gasteiger partial charge on any atom is 0.337 e. The van der Waals surface area contributed by atoms with Crippen molar-refractivity contribution in [3.05, 3.63) is 67.7 Å². The Labute approximate surface area is 124 Å². The quantitative estimate of drug-likeness (QED) is 0.547. The average Bonchev–Trinajstić information content (AvgIpc) is 2.75. The molecule has 3 aromatic rings. The molecular formula is C15H13N3O4. The number of aryl methyl sites for hydroxylation is 2. The molecule has 0 atom stereocenters. The first-order valence-electron chi connectivity index (χ1n) is 6.67. The van der Waals surface area contributed by atoms with E-state index in [-0.39, 0.29) is 12.2 Å². The molecule has 7 heteroatoms. The fourth-order valence-corrected chi connectivity index (χ4v) is 2.58. The van der Waals surface area contributed by atoms with E-state index in [1.807, 2.05) is 13.8 Å². The van der Waals surface area contributed by atoms with Gasteiger partial charge in [0.15, 0.2) is 0 Å². The van der Waals surface area contributed by atoms with Crippen LogP contribution in [0.4, 0.5) is 5.69 Å². The van der Waals surface area contributed by atoms with Gasteiger partial charge in [0.25, 0.3) is 5.69 Å². The zero-order valence-electron chi connectivity index (χ0n) is 12.1. The van der Waals surface area contributed by atoms with E-state index in [1.165, 1.54) is 16.8 Å². The molecule has 7 nitrogen and oxygen atoms in total. The van der Waals surface area contributed by atoms with E-state index >= 15 is 0 Å². The van der Waals surface area contributed by atoms with Crippen molar-refractivity contribution in [2.75, 3.05) is 0 Å². The van der Waals surface area contributed by atoms with Crippen LogP contribution in [-0.2, 0) is 6.54 Å². The molecule has 0 saturated carbocycles. The fourth-order valence-electron chi connectivity index (χ4n) is 2.58. The van der Waals surface area contributed by atoms with Crippen molar-refractivity contribution in [2.24, 2.45) is 0 Å². The highest BCUT2D eigenvalue weighted by Crippen LogP contribution is 2.24. The van der Waals surface area contributed by atoms with Crippen LogP contribution in [0.1, 0.15) is 16.8 Å². The number of rotatable bonds is 3. The molecule has 1 aromatic carbocycles. The lowest BCUT2D eigenvalue weighted by molar-refractivity contribution is -0.385. The molecule has 0 unspecified atom stereocenters. The maximum absolute atomic E-state index is 11.6. The van der Waals surface area contributed by atoms with Gasteiger partial charge >= 0.3 is 5.63 Å². The van der Waals surface area contributed by atoms with Crippen LogP contribution in [0.5, 0.6) is 0 Å². The van der Waals surface area contributed by atoms with E-state index in [9.17, 15) is 14.9 Å². The summed E-state index contributed by atoms with van der Waals surface area (Å²) in [6.07, 6.45) is 0. The largest absolute Gasteiger partial charge is 0.404 e. The minimum absolute atomic E-state index is 0.0128. The van der Waals surface area contributed by atoms with Crippen molar-refractivity contribution in [3.8, 4) is 0 Å². The van der Waals surface area contributed by atoms with Gasteiger partial charge in [0.05, 0.1) is 28.1 Å². The Morgan fingerprint density at radius 3 is 2.77 bits per heavy atom. The van der Waals surface area contributed by atoms with E-state index in [4.69, 9.17) is 4.42 Å². The van der Waals surface area contributed by atoms with Crippen molar-refractivity contribution >= 4 is 16.8 Å². The molecule has 0 aliphatic rings. The highest BCUT2D eigenvalue weighted by atomic mass is 16.6. The monoisotopic (exact) mass is 299 g/mol. The molecule has 0 aliphatic heterocycles. The second-order valence-corrected chi connectivity index (χ2v) is 5.06. The predicted octanol–water partition coefficient (Wildman–Crippen LogP) is 2.56. The number of nitro benzene ring substituents is 1. The third kappa shape index (κ3) is 2.26. The Hall–Kier alpha value is -2.96. The molecule has 2 heterocycles. The summed E-state index contributed by atoms with van der Waals surface area (Å²) in [4.78, 5) is 22.2. The number of benzene rings is 1. The van der Waals surface area contributed by atoms with Crippen LogP contribution in [-0.4, -0.2) is 14.7 Å². The van der Waals surface area contributed by atoms with Crippen molar-refractivity contribution < 1.29 is 9.34 Å². The normalized spacial score (nSPS) is 11.0. The molecular weight excluding hydrogens is 286 g/mol. The smallest absolute Gasteiger partial charge is 0.337 e. The number of hydrogen-bond donors (Lipinski definition) is 0. The Balaban J connectivity index is 2.17. The van der Waals surface area contributed by atoms with Crippen molar-refractivity contribution in [3.63, 3.8) is 0 Å². The van der Waals surface area contributed by atoms with Crippen molar-refractivity contribution in [2.45, 2.75) is 20.4 Å². The highest BCUT2D eigenvalue weighted by Gasteiger charge is 2.17. The predicted molar refractivity (Wildman–Crippen MR) is 79.9 cm³/mol. The zero-order valence-corrected chi connectivity index (χ0v) is 12.1. The van der Waals surface area contributed by atoms with Gasteiger partial charge in [0.2, 0.25) is 5.71 Å². The fraction of sp³-hybridized carbons (Fsp3) is 0.200. The molecule has 0 spiro atoms. The van der Waals surface area contributed by atoms with Crippen LogP contribution < -0.4 is 5.63 Å². The first-order chi connectivity index (χ1) is 10.5. The second-order valence-electron chi connectivity index (χ2n) is 5.06. The molecule has 0 bridgehead atoms. The number of fused-ring (bicyclic) bond motifs is 1. The molecule has 2 aromatic heterocycles. The van der Waals surface area contributed by atoms with Crippen LogP contribution >= 0.6 is 0 Å².